The van der Waals surface area contributed by atoms with Crippen molar-refractivity contribution in [1.82, 2.24) is 0 Å². The van der Waals surface area contributed by atoms with E-state index in [9.17, 15) is 8.42 Å². The second-order valence-corrected chi connectivity index (χ2v) is 17.1. The van der Waals surface area contributed by atoms with E-state index in [0.717, 1.165) is 0 Å². The summed E-state index contributed by atoms with van der Waals surface area (Å²) in [6.45, 7) is 0. The van der Waals surface area contributed by atoms with Crippen LogP contribution in [0.3, 0.4) is 0 Å². The Bertz CT molecular complexity index is 176. The van der Waals surface area contributed by atoms with E-state index in [0.29, 0.717) is 0 Å². The van der Waals surface area contributed by atoms with E-state index < -0.39 is 29.2 Å². The summed E-state index contributed by atoms with van der Waals surface area (Å²) in [5, 5.41) is 0. The van der Waals surface area contributed by atoms with Crippen LogP contribution in [0.25, 0.3) is 0 Å². The predicted octanol–water partition coefficient (Wildman–Crippen LogP) is 0.641. The van der Waals surface area contributed by atoms with Crippen LogP contribution < -0.4 is 0 Å². The van der Waals surface area contributed by atoms with Gasteiger partial charge in [0.25, 0.3) is 0 Å². The van der Waals surface area contributed by atoms with E-state index in [-0.39, 0.29) is 0 Å². The van der Waals surface area contributed by atoms with Gasteiger partial charge < -0.3 is 0 Å². The van der Waals surface area contributed by atoms with Crippen LogP contribution in [0, 0.1) is 0 Å². The molecule has 0 aromatic heterocycles. The maximum atomic E-state index is 10.0. The van der Waals surface area contributed by atoms with Crippen LogP contribution in [-0.2, 0) is 12.9 Å². The summed E-state index contributed by atoms with van der Waals surface area (Å²) in [6.07, 6.45) is 0. The van der Waals surface area contributed by atoms with Gasteiger partial charge in [-0.3, -0.25) is 0 Å². The molecule has 0 saturated heterocycles. The third-order valence-corrected chi connectivity index (χ3v) is 7.15. The zero-order valence-electron chi connectivity index (χ0n) is 5.58. The molecular weight excluding hydrogens is 251 g/mol. The molecule has 0 aromatic rings. The van der Waals surface area contributed by atoms with Gasteiger partial charge in [0.15, 0.2) is 0 Å². The molecule has 4 nitrogen and oxygen atoms in total. The Hall–Kier alpha value is 0.669. The first-order chi connectivity index (χ1) is 3.71. The van der Waals surface area contributed by atoms with Gasteiger partial charge in [0, 0.05) is 0 Å². The first kappa shape index (κ1) is 9.67. The zero-order chi connectivity index (χ0) is 7.71. The van der Waals surface area contributed by atoms with Crippen molar-refractivity contribution in [1.29, 1.82) is 0 Å². The van der Waals surface area contributed by atoms with Crippen molar-refractivity contribution in [3.05, 3.63) is 0 Å². The minimum atomic E-state index is -4.19. The van der Waals surface area contributed by atoms with Gasteiger partial charge in [-0.25, -0.2) is 0 Å². The molecule has 0 amide bonds. The molecule has 0 radical (unpaired) electrons. The first-order valence-corrected chi connectivity index (χ1v) is 13.5. The van der Waals surface area contributed by atoms with Crippen molar-refractivity contribution in [2.75, 3.05) is 0 Å². The molecule has 0 saturated carbocycles. The second kappa shape index (κ2) is 2.73. The van der Waals surface area contributed by atoms with E-state index in [4.69, 9.17) is 4.55 Å². The van der Waals surface area contributed by atoms with Crippen molar-refractivity contribution in [3.8, 4) is 0 Å². The molecule has 0 aliphatic carbocycles. The van der Waals surface area contributed by atoms with Crippen molar-refractivity contribution < 1.29 is 15.5 Å². The van der Waals surface area contributed by atoms with Gasteiger partial charge in [0.1, 0.15) is 0 Å². The van der Waals surface area contributed by atoms with Crippen LogP contribution in [-0.4, -0.2) is 31.8 Å². The fourth-order valence-electron chi connectivity index (χ4n) is 0.316. The Kier molecular flexibility index (Phi) is 2.93. The van der Waals surface area contributed by atoms with Crippen LogP contribution in [0.15, 0.2) is 0 Å². The van der Waals surface area contributed by atoms with Crippen molar-refractivity contribution >= 4 is 29.2 Å². The van der Waals surface area contributed by atoms with E-state index in [1.165, 1.54) is 0 Å². The summed E-state index contributed by atoms with van der Waals surface area (Å²) in [6, 6.07) is 0. The van der Waals surface area contributed by atoms with Crippen molar-refractivity contribution in [3.63, 3.8) is 0 Å². The summed E-state index contributed by atoms with van der Waals surface area (Å²) in [5.41, 5.74) is 0. The Morgan fingerprint density at radius 3 is 1.67 bits per heavy atom. The van der Waals surface area contributed by atoms with Gasteiger partial charge in [-0.1, -0.05) is 0 Å². The molecule has 9 heavy (non-hydrogen) atoms. The first-order valence-electron chi connectivity index (χ1n) is 2.39. The Morgan fingerprint density at radius 2 is 1.67 bits per heavy atom. The summed E-state index contributed by atoms with van der Waals surface area (Å²) in [4.78, 5) is 5.22. The SMILES string of the molecule is [CH3][Sn]([CH3])([CH3])[O]S(=O)(=O)O. The molecule has 0 aliphatic rings. The minimum absolute atomic E-state index is 1.74. The van der Waals surface area contributed by atoms with Crippen LogP contribution in [0.5, 0.6) is 0 Å². The van der Waals surface area contributed by atoms with E-state index in [1.54, 1.807) is 14.8 Å². The summed E-state index contributed by atoms with van der Waals surface area (Å²) >= 11 is -2.78. The molecule has 1 N–H and O–H groups in total. The van der Waals surface area contributed by atoms with Crippen molar-refractivity contribution in [2.45, 2.75) is 14.8 Å². The molecule has 0 heterocycles. The molecule has 0 atom stereocenters. The molecule has 6 heteroatoms. The molecule has 0 bridgehead atoms. The molecular formula is C3H10O4SSn. The normalized spacial score (nSPS) is 13.8. The number of hydrogen-bond acceptors (Lipinski definition) is 3. The summed E-state index contributed by atoms with van der Waals surface area (Å²) in [7, 11) is -4.19. The zero-order valence-corrected chi connectivity index (χ0v) is 9.25. The molecule has 0 spiro atoms. The Labute approximate surface area is 59.6 Å². The summed E-state index contributed by atoms with van der Waals surface area (Å²) < 4.78 is 32.6. The van der Waals surface area contributed by atoms with Gasteiger partial charge in [-0.2, -0.15) is 0 Å². The van der Waals surface area contributed by atoms with Crippen LogP contribution in [0.2, 0.25) is 14.8 Å². The molecule has 0 aromatic carbocycles. The van der Waals surface area contributed by atoms with Crippen LogP contribution in [0.1, 0.15) is 0 Å². The monoisotopic (exact) mass is 262 g/mol. The molecule has 0 aliphatic heterocycles. The maximum absolute atomic E-state index is 10.0. The van der Waals surface area contributed by atoms with Gasteiger partial charge in [-0.15, -0.1) is 0 Å². The third kappa shape index (κ3) is 8.67. The fourth-order valence-corrected chi connectivity index (χ4v) is 6.36. The predicted molar refractivity (Wildman–Crippen MR) is 36.0 cm³/mol. The summed E-state index contributed by atoms with van der Waals surface area (Å²) in [5.74, 6) is 0. The molecule has 0 rings (SSSR count). The average Bonchev–Trinajstić information content (AvgIpc) is 1.14. The average molecular weight is 261 g/mol. The third-order valence-electron chi connectivity index (χ3n) is 0.355. The van der Waals surface area contributed by atoms with Gasteiger partial charge >= 0.3 is 59.5 Å². The Balaban J connectivity index is 4.07. The quantitative estimate of drug-likeness (QED) is 0.585. The molecule has 0 unspecified atom stereocenters. The van der Waals surface area contributed by atoms with E-state index in [2.05, 4.69) is 2.52 Å². The Morgan fingerprint density at radius 1 is 1.33 bits per heavy atom. The second-order valence-electron chi connectivity index (χ2n) is 2.62. The molecule has 56 valence electrons. The van der Waals surface area contributed by atoms with E-state index >= 15 is 0 Å². The van der Waals surface area contributed by atoms with Crippen LogP contribution >= 0.6 is 0 Å². The van der Waals surface area contributed by atoms with Crippen molar-refractivity contribution in [2.24, 2.45) is 0 Å². The number of hydrogen-bond donors (Lipinski definition) is 1. The topological polar surface area (TPSA) is 63.6 Å². The fraction of sp³-hybridized carbons (Fsp3) is 1.00. The van der Waals surface area contributed by atoms with Gasteiger partial charge in [-0.05, 0) is 0 Å². The van der Waals surface area contributed by atoms with Gasteiger partial charge in [0.05, 0.1) is 0 Å². The standard InChI is InChI=1S/3CH3.H2O4S.Sn/c;;;1-5(2,3)4;/h3*1H3;(H2,1,2,3,4);/q;;;;+1/p-1. The van der Waals surface area contributed by atoms with Gasteiger partial charge in [0.2, 0.25) is 0 Å². The number of rotatable bonds is 2. The van der Waals surface area contributed by atoms with Crippen LogP contribution in [0.4, 0.5) is 0 Å². The molecule has 0 fully saturated rings. The van der Waals surface area contributed by atoms with E-state index in [1.807, 2.05) is 0 Å².